The number of rotatable bonds is 16. The maximum Gasteiger partial charge on any atom is 0.408 e. The van der Waals surface area contributed by atoms with Crippen LogP contribution in [0.25, 0.3) is 0 Å². The Bertz CT molecular complexity index is 1110. The van der Waals surface area contributed by atoms with Crippen LogP contribution in [0, 0.1) is 0 Å². The van der Waals surface area contributed by atoms with E-state index < -0.39 is 48.7 Å². The fourth-order valence-corrected chi connectivity index (χ4v) is 5.22. The number of amides is 3. The summed E-state index contributed by atoms with van der Waals surface area (Å²) in [6.07, 6.45) is -1.74. The molecule has 0 aliphatic heterocycles. The number of hydrogen-bond acceptors (Lipinski definition) is 10. The minimum atomic E-state index is -1.27. The molecule has 12 nitrogen and oxygen atoms in total. The van der Waals surface area contributed by atoms with E-state index in [-0.39, 0.29) is 31.3 Å². The number of aliphatic carboxylic acids is 1. The third kappa shape index (κ3) is 13.2. The summed E-state index contributed by atoms with van der Waals surface area (Å²) < 4.78 is 15.0. The van der Waals surface area contributed by atoms with E-state index in [1.807, 2.05) is 12.1 Å². The van der Waals surface area contributed by atoms with E-state index in [4.69, 9.17) is 14.2 Å². The molecule has 0 radical (unpaired) electrons. The summed E-state index contributed by atoms with van der Waals surface area (Å²) in [6, 6.07) is 15.5. The van der Waals surface area contributed by atoms with Gasteiger partial charge in [0.2, 0.25) is 5.91 Å². The summed E-state index contributed by atoms with van der Waals surface area (Å²) in [7, 11) is 2.15. The van der Waals surface area contributed by atoms with E-state index in [1.165, 1.54) is 0 Å². The number of hydrogen-bond donors (Lipinski definition) is 4. The van der Waals surface area contributed by atoms with Gasteiger partial charge >= 0.3 is 24.1 Å². The summed E-state index contributed by atoms with van der Waals surface area (Å²) in [6.45, 7) is 1.35. The number of alkyl carbamates (subject to hydrolysis) is 2. The molecular weight excluding hydrogens is 562 g/mol. The van der Waals surface area contributed by atoms with Crippen LogP contribution in [0.5, 0.6) is 0 Å². The Morgan fingerprint density at radius 2 is 1.23 bits per heavy atom. The SMILES string of the molecule is CCOC(=O)CNC(=O)[C@H](CSSC[C@H](NC(=O)OCc1ccccc1)C(=O)O)NC(=O)OCc1ccccc1. The molecule has 2 rings (SSSR count). The van der Waals surface area contributed by atoms with Crippen molar-refractivity contribution in [2.45, 2.75) is 32.2 Å². The summed E-state index contributed by atoms with van der Waals surface area (Å²) >= 11 is 0. The van der Waals surface area contributed by atoms with Gasteiger partial charge < -0.3 is 35.3 Å². The summed E-state index contributed by atoms with van der Waals surface area (Å²) in [5.74, 6) is -2.62. The molecule has 0 saturated heterocycles. The first kappa shape index (κ1) is 32.3. The first-order valence-corrected chi connectivity index (χ1v) is 14.6. The van der Waals surface area contributed by atoms with Crippen LogP contribution < -0.4 is 16.0 Å². The van der Waals surface area contributed by atoms with Crippen LogP contribution in [0.15, 0.2) is 60.7 Å². The molecule has 40 heavy (non-hydrogen) atoms. The van der Waals surface area contributed by atoms with Crippen LogP contribution in [0.4, 0.5) is 9.59 Å². The van der Waals surface area contributed by atoms with E-state index in [2.05, 4.69) is 16.0 Å². The lowest BCUT2D eigenvalue weighted by Gasteiger charge is -2.18. The Morgan fingerprint density at radius 1 is 0.750 bits per heavy atom. The molecule has 2 atom stereocenters. The molecule has 0 unspecified atom stereocenters. The van der Waals surface area contributed by atoms with Gasteiger partial charge in [0.1, 0.15) is 31.8 Å². The number of carbonyl (C=O) groups is 5. The number of esters is 1. The largest absolute Gasteiger partial charge is 0.480 e. The van der Waals surface area contributed by atoms with Crippen LogP contribution in [0.1, 0.15) is 18.1 Å². The third-order valence-corrected chi connectivity index (χ3v) is 7.31. The van der Waals surface area contributed by atoms with Gasteiger partial charge in [0, 0.05) is 11.5 Å². The number of benzene rings is 2. The second kappa shape index (κ2) is 18.4. The smallest absolute Gasteiger partial charge is 0.408 e. The monoisotopic (exact) mass is 593 g/mol. The number of carbonyl (C=O) groups excluding carboxylic acids is 4. The van der Waals surface area contributed by atoms with Crippen molar-refractivity contribution in [3.63, 3.8) is 0 Å². The zero-order chi connectivity index (χ0) is 29.2. The molecule has 4 N–H and O–H groups in total. The fourth-order valence-electron chi connectivity index (χ4n) is 2.90. The van der Waals surface area contributed by atoms with E-state index >= 15 is 0 Å². The minimum Gasteiger partial charge on any atom is -0.480 e. The number of nitrogens with one attached hydrogen (secondary N) is 3. The van der Waals surface area contributed by atoms with Crippen LogP contribution in [-0.2, 0) is 41.8 Å². The lowest BCUT2D eigenvalue weighted by Crippen LogP contribution is -2.49. The molecule has 3 amide bonds. The van der Waals surface area contributed by atoms with Gasteiger partial charge in [0.15, 0.2) is 0 Å². The van der Waals surface area contributed by atoms with E-state index in [1.54, 1.807) is 55.5 Å². The van der Waals surface area contributed by atoms with Crippen molar-refractivity contribution in [1.82, 2.24) is 16.0 Å². The normalized spacial score (nSPS) is 11.8. The van der Waals surface area contributed by atoms with Gasteiger partial charge in [-0.2, -0.15) is 0 Å². The topological polar surface area (TPSA) is 169 Å². The maximum absolute atomic E-state index is 12.7. The predicted octanol–water partition coefficient (Wildman–Crippen LogP) is 2.72. The fraction of sp³-hybridized carbons (Fsp3) is 0.346. The van der Waals surface area contributed by atoms with Gasteiger partial charge in [-0.15, -0.1) is 0 Å². The second-order valence-corrected chi connectivity index (χ2v) is 10.5. The first-order chi connectivity index (χ1) is 19.3. The molecular formula is C26H31N3O9S2. The van der Waals surface area contributed by atoms with Crippen molar-refractivity contribution < 1.29 is 43.3 Å². The predicted molar refractivity (Wildman–Crippen MR) is 149 cm³/mol. The molecule has 0 bridgehead atoms. The standard InChI is InChI=1S/C26H31N3O9S2/c1-2-36-22(30)13-27-23(31)20(28-25(34)37-14-18-9-5-3-6-10-18)16-39-40-17-21(24(32)33)29-26(35)38-15-19-11-7-4-8-12-19/h3-12,20-21H,2,13-17H2,1H3,(H,27,31)(H,28,34)(H,29,35)(H,32,33)/t20-,21-/m0/s1. The minimum absolute atomic E-state index is 0.00452. The van der Waals surface area contributed by atoms with Crippen LogP contribution in [-0.4, -0.2) is 71.9 Å². The molecule has 2 aromatic rings. The van der Waals surface area contributed by atoms with E-state index in [0.29, 0.717) is 0 Å². The zero-order valence-electron chi connectivity index (χ0n) is 21.7. The van der Waals surface area contributed by atoms with Crippen molar-refractivity contribution >= 4 is 51.6 Å². The molecule has 0 aliphatic carbocycles. The molecule has 0 saturated carbocycles. The van der Waals surface area contributed by atoms with Crippen molar-refractivity contribution in [3.8, 4) is 0 Å². The first-order valence-electron chi connectivity index (χ1n) is 12.1. The molecule has 0 spiro atoms. The lowest BCUT2D eigenvalue weighted by molar-refractivity contribution is -0.143. The van der Waals surface area contributed by atoms with Crippen LogP contribution in [0.2, 0.25) is 0 Å². The van der Waals surface area contributed by atoms with E-state index in [9.17, 15) is 29.1 Å². The quantitative estimate of drug-likeness (QED) is 0.0977. The Kier molecular flexibility index (Phi) is 14.9. The van der Waals surface area contributed by atoms with Crippen LogP contribution in [0.3, 0.4) is 0 Å². The van der Waals surface area contributed by atoms with Gasteiger partial charge in [-0.1, -0.05) is 82.3 Å². The Balaban J connectivity index is 1.85. The molecule has 0 fully saturated rings. The second-order valence-electron chi connectivity index (χ2n) is 7.95. The Morgan fingerprint density at radius 3 is 1.70 bits per heavy atom. The Labute approximate surface area is 239 Å². The number of carboxylic acid groups (broad SMARTS) is 1. The molecule has 216 valence electrons. The molecule has 0 aromatic heterocycles. The average Bonchev–Trinajstić information content (AvgIpc) is 2.95. The highest BCUT2D eigenvalue weighted by Gasteiger charge is 2.25. The molecule has 2 aromatic carbocycles. The van der Waals surface area contributed by atoms with Gasteiger partial charge in [0.25, 0.3) is 0 Å². The highest BCUT2D eigenvalue weighted by Crippen LogP contribution is 2.23. The number of carboxylic acids is 1. The van der Waals surface area contributed by atoms with E-state index in [0.717, 1.165) is 32.7 Å². The summed E-state index contributed by atoms with van der Waals surface area (Å²) in [4.78, 5) is 60.3. The maximum atomic E-state index is 12.7. The third-order valence-electron chi connectivity index (χ3n) is 4.89. The van der Waals surface area contributed by atoms with Crippen molar-refractivity contribution in [3.05, 3.63) is 71.8 Å². The van der Waals surface area contributed by atoms with Gasteiger partial charge in [-0.05, 0) is 18.1 Å². The number of ether oxygens (including phenoxy) is 3. The van der Waals surface area contributed by atoms with Crippen molar-refractivity contribution in [2.24, 2.45) is 0 Å². The van der Waals surface area contributed by atoms with Crippen molar-refractivity contribution in [1.29, 1.82) is 0 Å². The highest BCUT2D eigenvalue weighted by molar-refractivity contribution is 8.76. The summed E-state index contributed by atoms with van der Waals surface area (Å²) in [5.41, 5.74) is 1.50. The zero-order valence-corrected chi connectivity index (χ0v) is 23.3. The van der Waals surface area contributed by atoms with Gasteiger partial charge in [-0.3, -0.25) is 9.59 Å². The Hall–Kier alpha value is -3.91. The average molecular weight is 594 g/mol. The highest BCUT2D eigenvalue weighted by atomic mass is 33.1. The van der Waals surface area contributed by atoms with Gasteiger partial charge in [-0.25, -0.2) is 14.4 Å². The summed E-state index contributed by atoms with van der Waals surface area (Å²) in [5, 5.41) is 16.6. The molecule has 14 heteroatoms. The van der Waals surface area contributed by atoms with Gasteiger partial charge in [0.05, 0.1) is 6.61 Å². The lowest BCUT2D eigenvalue weighted by atomic mass is 10.2. The van der Waals surface area contributed by atoms with Crippen LogP contribution >= 0.6 is 21.6 Å². The molecule has 0 aliphatic rings. The van der Waals surface area contributed by atoms with Crippen molar-refractivity contribution in [2.75, 3.05) is 24.7 Å². The molecule has 0 heterocycles.